The van der Waals surface area contributed by atoms with Crippen LogP contribution in [0.2, 0.25) is 0 Å². The van der Waals surface area contributed by atoms with Crippen LogP contribution in [0.15, 0.2) is 29.4 Å². The molecule has 8 heteroatoms. The molecule has 3 rings (SSSR count). The number of ether oxygens (including phenoxy) is 1. The Morgan fingerprint density at radius 3 is 3.00 bits per heavy atom. The van der Waals surface area contributed by atoms with Gasteiger partial charge >= 0.3 is 0 Å². The molecule has 1 saturated carbocycles. The van der Waals surface area contributed by atoms with E-state index in [1.54, 1.807) is 0 Å². The number of pyridine rings is 1. The second-order valence-electron chi connectivity index (χ2n) is 6.56. The van der Waals surface area contributed by atoms with Gasteiger partial charge in [-0.1, -0.05) is 6.07 Å². The fourth-order valence-electron chi connectivity index (χ4n) is 2.73. The lowest BCUT2D eigenvalue weighted by atomic mass is 10.3. The maximum Gasteiger partial charge on any atom is 0.193 e. The smallest absolute Gasteiger partial charge is 0.193 e. The molecule has 0 unspecified atom stereocenters. The summed E-state index contributed by atoms with van der Waals surface area (Å²) in [6.45, 7) is 3.36. The van der Waals surface area contributed by atoms with Gasteiger partial charge < -0.3 is 15.0 Å². The average Bonchev–Trinajstić information content (AvgIpc) is 3.37. The van der Waals surface area contributed by atoms with Crippen LogP contribution in [0, 0.1) is 5.92 Å². The van der Waals surface area contributed by atoms with Crippen molar-refractivity contribution in [1.82, 2.24) is 24.8 Å². The largest absolute Gasteiger partial charge is 0.379 e. The van der Waals surface area contributed by atoms with Gasteiger partial charge in [-0.2, -0.15) is 0 Å². The van der Waals surface area contributed by atoms with Gasteiger partial charge in [-0.05, 0) is 37.3 Å². The lowest BCUT2D eigenvalue weighted by Gasteiger charge is -2.22. The zero-order valence-corrected chi connectivity index (χ0v) is 17.9. The van der Waals surface area contributed by atoms with Crippen molar-refractivity contribution < 1.29 is 4.74 Å². The van der Waals surface area contributed by atoms with Crippen molar-refractivity contribution in [2.24, 2.45) is 10.9 Å². The van der Waals surface area contributed by atoms with Crippen LogP contribution in [0.4, 0.5) is 0 Å². The number of aromatic nitrogens is 3. The summed E-state index contributed by atoms with van der Waals surface area (Å²) in [5.74, 6) is 2.71. The monoisotopic (exact) mass is 472 g/mol. The maximum absolute atomic E-state index is 5.70. The first-order chi connectivity index (χ1) is 12.3. The molecule has 1 aliphatic carbocycles. The molecule has 1 fully saturated rings. The van der Waals surface area contributed by atoms with Crippen molar-refractivity contribution in [1.29, 1.82) is 0 Å². The van der Waals surface area contributed by atoms with Crippen molar-refractivity contribution in [3.63, 3.8) is 0 Å². The number of hydrogen-bond acceptors (Lipinski definition) is 4. The Morgan fingerprint density at radius 1 is 1.38 bits per heavy atom. The van der Waals surface area contributed by atoms with E-state index in [9.17, 15) is 0 Å². The predicted molar refractivity (Wildman–Crippen MR) is 114 cm³/mol. The zero-order chi connectivity index (χ0) is 17.5. The molecule has 1 N–H and O–H groups in total. The van der Waals surface area contributed by atoms with E-state index in [0.717, 1.165) is 62.5 Å². The van der Waals surface area contributed by atoms with Crippen molar-refractivity contribution in [2.75, 3.05) is 40.4 Å². The molecule has 0 spiro atoms. The van der Waals surface area contributed by atoms with E-state index in [-0.39, 0.29) is 24.0 Å². The van der Waals surface area contributed by atoms with Gasteiger partial charge in [-0.25, -0.2) is 0 Å². The topological polar surface area (TPSA) is 67.0 Å². The number of fused-ring (bicyclic) bond motifs is 1. The third-order valence-electron chi connectivity index (χ3n) is 4.44. The second kappa shape index (κ2) is 10.7. The summed E-state index contributed by atoms with van der Waals surface area (Å²) in [7, 11) is 3.86. The van der Waals surface area contributed by atoms with Crippen LogP contribution in [-0.4, -0.2) is 65.9 Å². The third kappa shape index (κ3) is 6.08. The van der Waals surface area contributed by atoms with Crippen molar-refractivity contribution in [2.45, 2.75) is 25.7 Å². The van der Waals surface area contributed by atoms with E-state index in [1.807, 2.05) is 42.9 Å². The van der Waals surface area contributed by atoms with Gasteiger partial charge in [0.2, 0.25) is 0 Å². The molecule has 0 atom stereocenters. The van der Waals surface area contributed by atoms with E-state index < -0.39 is 0 Å². The number of guanidine groups is 1. The van der Waals surface area contributed by atoms with Crippen LogP contribution in [0.25, 0.3) is 5.65 Å². The first-order valence-corrected chi connectivity index (χ1v) is 9.06. The molecule has 2 aromatic rings. The SMILES string of the molecule is CN=C(NCCCc1nnc2ccccn12)N(C)CCOCC1CC1.I. The number of aryl methyl sites for hydroxylation is 1. The van der Waals surface area contributed by atoms with Gasteiger partial charge in [0, 0.05) is 46.4 Å². The highest BCUT2D eigenvalue weighted by Gasteiger charge is 2.21. The highest BCUT2D eigenvalue weighted by molar-refractivity contribution is 14.0. The van der Waals surface area contributed by atoms with E-state index in [2.05, 4.69) is 25.4 Å². The lowest BCUT2D eigenvalue weighted by molar-refractivity contribution is 0.115. The molecule has 0 bridgehead atoms. The lowest BCUT2D eigenvalue weighted by Crippen LogP contribution is -2.41. The number of hydrogen-bond donors (Lipinski definition) is 1. The summed E-state index contributed by atoms with van der Waals surface area (Å²) in [5.41, 5.74) is 0.896. The van der Waals surface area contributed by atoms with Gasteiger partial charge in [0.25, 0.3) is 0 Å². The van der Waals surface area contributed by atoms with E-state index in [4.69, 9.17) is 4.74 Å². The molecule has 7 nitrogen and oxygen atoms in total. The van der Waals surface area contributed by atoms with Gasteiger partial charge in [-0.15, -0.1) is 34.2 Å². The molecule has 1 aliphatic rings. The molecule has 26 heavy (non-hydrogen) atoms. The minimum Gasteiger partial charge on any atom is -0.379 e. The predicted octanol–water partition coefficient (Wildman–Crippen LogP) is 2.21. The minimum atomic E-state index is 0. The van der Waals surface area contributed by atoms with E-state index in [1.165, 1.54) is 12.8 Å². The molecule has 2 heterocycles. The van der Waals surface area contributed by atoms with E-state index >= 15 is 0 Å². The highest BCUT2D eigenvalue weighted by atomic mass is 127. The van der Waals surface area contributed by atoms with Crippen molar-refractivity contribution in [3.8, 4) is 0 Å². The first kappa shape index (κ1) is 20.9. The summed E-state index contributed by atoms with van der Waals surface area (Å²) in [6, 6.07) is 5.95. The standard InChI is InChI=1S/C18H28N6O.HI/c1-19-18(23(2)12-13-25-14-15-8-9-15)20-10-5-7-17-22-21-16-6-3-4-11-24(16)17;/h3-4,6,11,15H,5,7-10,12-14H2,1-2H3,(H,19,20);1H. The summed E-state index contributed by atoms with van der Waals surface area (Å²) in [4.78, 5) is 6.45. The Morgan fingerprint density at radius 2 is 2.23 bits per heavy atom. The molecular formula is C18H29IN6O. The van der Waals surface area contributed by atoms with Crippen LogP contribution < -0.4 is 5.32 Å². The Kier molecular flexibility index (Phi) is 8.56. The fraction of sp³-hybridized carbons (Fsp3) is 0.611. The fourth-order valence-corrected chi connectivity index (χ4v) is 2.73. The number of likely N-dealkylation sites (N-methyl/N-ethyl adjacent to an activating group) is 1. The molecule has 2 aromatic heterocycles. The van der Waals surface area contributed by atoms with Crippen LogP contribution in [0.5, 0.6) is 0 Å². The van der Waals surface area contributed by atoms with Gasteiger partial charge in [0.05, 0.1) is 6.61 Å². The van der Waals surface area contributed by atoms with Gasteiger partial charge in [-0.3, -0.25) is 9.39 Å². The number of aliphatic imine (C=N–C) groups is 1. The second-order valence-corrected chi connectivity index (χ2v) is 6.56. The number of halogens is 1. The van der Waals surface area contributed by atoms with Gasteiger partial charge in [0.1, 0.15) is 5.82 Å². The number of rotatable bonds is 9. The Hall–Kier alpha value is -1.42. The average molecular weight is 472 g/mol. The normalized spacial score (nSPS) is 14.3. The zero-order valence-electron chi connectivity index (χ0n) is 15.6. The van der Waals surface area contributed by atoms with Crippen LogP contribution in [-0.2, 0) is 11.2 Å². The first-order valence-electron chi connectivity index (χ1n) is 9.06. The summed E-state index contributed by atoms with van der Waals surface area (Å²) >= 11 is 0. The van der Waals surface area contributed by atoms with E-state index in [0.29, 0.717) is 0 Å². The minimum absolute atomic E-state index is 0. The molecule has 0 aromatic carbocycles. The molecule has 0 radical (unpaired) electrons. The molecule has 0 aliphatic heterocycles. The maximum atomic E-state index is 5.70. The van der Waals surface area contributed by atoms with Crippen molar-refractivity contribution in [3.05, 3.63) is 30.2 Å². The van der Waals surface area contributed by atoms with Gasteiger partial charge in [0.15, 0.2) is 11.6 Å². The van der Waals surface area contributed by atoms with Crippen molar-refractivity contribution >= 4 is 35.6 Å². The Balaban J connectivity index is 0.00000243. The quantitative estimate of drug-likeness (QED) is 0.263. The Labute approximate surface area is 172 Å². The number of nitrogens with zero attached hydrogens (tertiary/aromatic N) is 5. The molecular weight excluding hydrogens is 443 g/mol. The summed E-state index contributed by atoms with van der Waals surface area (Å²) in [6.07, 6.45) is 6.53. The Bertz CT molecular complexity index is 700. The van der Waals surface area contributed by atoms with Crippen LogP contribution in [0.1, 0.15) is 25.1 Å². The van der Waals surface area contributed by atoms with Crippen LogP contribution in [0.3, 0.4) is 0 Å². The molecule has 144 valence electrons. The molecule has 0 amide bonds. The summed E-state index contributed by atoms with van der Waals surface area (Å²) in [5, 5.41) is 11.9. The number of nitrogens with one attached hydrogen (secondary N) is 1. The third-order valence-corrected chi connectivity index (χ3v) is 4.44. The highest BCUT2D eigenvalue weighted by Crippen LogP contribution is 2.28. The molecule has 0 saturated heterocycles. The summed E-state index contributed by atoms with van der Waals surface area (Å²) < 4.78 is 7.74. The van der Waals surface area contributed by atoms with Crippen LogP contribution >= 0.6 is 24.0 Å².